The van der Waals surface area contributed by atoms with E-state index in [1.165, 1.54) is 0 Å². The predicted molar refractivity (Wildman–Crippen MR) is 33.6 cm³/mol. The molecule has 0 radical (unpaired) electrons. The summed E-state index contributed by atoms with van der Waals surface area (Å²) in [5.74, 6) is 0.762. The Morgan fingerprint density at radius 2 is 2.50 bits per heavy atom. The van der Waals surface area contributed by atoms with Gasteiger partial charge in [-0.15, -0.1) is 0 Å². The molecule has 44 valence electrons. The normalized spacial score (nSPS) is 41.9. The van der Waals surface area contributed by atoms with Crippen LogP contribution >= 0.6 is 11.6 Å². The lowest BCUT2D eigenvalue weighted by atomic mass is 10.1. The van der Waals surface area contributed by atoms with E-state index in [0.717, 1.165) is 18.9 Å². The zero-order chi connectivity index (χ0) is 5.56. The van der Waals surface area contributed by atoms with Crippen LogP contribution in [0.1, 0.15) is 6.42 Å². The summed E-state index contributed by atoms with van der Waals surface area (Å²) in [4.78, 5) is 2.19. The highest BCUT2D eigenvalue weighted by atomic mass is 35.5. The highest BCUT2D eigenvalue weighted by Crippen LogP contribution is 2.31. The molecule has 2 rings (SSSR count). The third-order valence-electron chi connectivity index (χ3n) is 1.85. The van der Waals surface area contributed by atoms with Gasteiger partial charge in [0, 0.05) is 6.54 Å². The van der Waals surface area contributed by atoms with Gasteiger partial charge in [0.1, 0.15) is 5.50 Å². The van der Waals surface area contributed by atoms with Crippen LogP contribution in [0.2, 0.25) is 0 Å². The largest absolute Gasteiger partial charge is 0.361 e. The molecule has 2 aliphatic rings. The molecule has 2 aliphatic heterocycles. The molecule has 0 N–H and O–H groups in total. The van der Waals surface area contributed by atoms with E-state index in [0.29, 0.717) is 5.50 Å². The second-order valence-electron chi connectivity index (χ2n) is 2.47. The van der Waals surface area contributed by atoms with Crippen molar-refractivity contribution in [3.8, 4) is 0 Å². The van der Waals surface area contributed by atoms with Crippen LogP contribution in [0, 0.1) is 5.92 Å². The Bertz CT molecular complexity index is 132. The third-order valence-corrected chi connectivity index (χ3v) is 2.28. The van der Waals surface area contributed by atoms with Gasteiger partial charge in [-0.05, 0) is 18.5 Å². The molecule has 2 bridgehead atoms. The van der Waals surface area contributed by atoms with Gasteiger partial charge in [-0.3, -0.25) is 0 Å². The maximum Gasteiger partial charge on any atom is 0.104 e. The Balaban J connectivity index is 2.23. The predicted octanol–water partition coefficient (Wildman–Crippen LogP) is 1.40. The molecule has 0 aromatic heterocycles. The Kier molecular flexibility index (Phi) is 0.826. The first-order valence-electron chi connectivity index (χ1n) is 2.94. The fourth-order valence-electron chi connectivity index (χ4n) is 1.37. The standard InChI is InChI=1S/C6H8ClN/c7-6-3-5-1-2-8(6)4-5/h1-2,5-6H,3-4H2/t5-,6+/m1/s1. The van der Waals surface area contributed by atoms with Crippen molar-refractivity contribution >= 4 is 11.6 Å². The molecule has 0 aromatic rings. The smallest absolute Gasteiger partial charge is 0.104 e. The van der Waals surface area contributed by atoms with Crippen LogP contribution in [-0.2, 0) is 0 Å². The van der Waals surface area contributed by atoms with E-state index in [2.05, 4.69) is 17.2 Å². The summed E-state index contributed by atoms with van der Waals surface area (Å²) in [5, 5.41) is 0. The molecule has 0 unspecified atom stereocenters. The zero-order valence-electron chi connectivity index (χ0n) is 4.55. The maximum atomic E-state index is 5.88. The van der Waals surface area contributed by atoms with E-state index < -0.39 is 0 Å². The number of hydrogen-bond acceptors (Lipinski definition) is 1. The average molecular weight is 130 g/mol. The van der Waals surface area contributed by atoms with Gasteiger partial charge in [-0.25, -0.2) is 0 Å². The monoisotopic (exact) mass is 129 g/mol. The minimum Gasteiger partial charge on any atom is -0.361 e. The summed E-state index contributed by atoms with van der Waals surface area (Å²) < 4.78 is 0. The average Bonchev–Trinajstić information content (AvgIpc) is 2.23. The van der Waals surface area contributed by atoms with Crippen molar-refractivity contribution in [3.05, 3.63) is 12.3 Å². The van der Waals surface area contributed by atoms with Crippen LogP contribution in [0.3, 0.4) is 0 Å². The SMILES string of the molecule is Cl[C@@H]1C[C@H]2C=CN1C2. The van der Waals surface area contributed by atoms with E-state index in [4.69, 9.17) is 11.6 Å². The number of alkyl halides is 1. The van der Waals surface area contributed by atoms with Crippen molar-refractivity contribution in [1.29, 1.82) is 0 Å². The second-order valence-corrected chi connectivity index (χ2v) is 2.97. The molecule has 2 heteroatoms. The van der Waals surface area contributed by atoms with Crippen LogP contribution in [0.5, 0.6) is 0 Å². The van der Waals surface area contributed by atoms with Crippen molar-refractivity contribution in [2.75, 3.05) is 6.54 Å². The van der Waals surface area contributed by atoms with Crippen LogP contribution < -0.4 is 0 Å². The summed E-state index contributed by atoms with van der Waals surface area (Å²) in [7, 11) is 0. The number of nitrogens with zero attached hydrogens (tertiary/aromatic N) is 1. The minimum absolute atomic E-state index is 0.296. The van der Waals surface area contributed by atoms with Gasteiger partial charge in [-0.2, -0.15) is 0 Å². The molecular weight excluding hydrogens is 122 g/mol. The number of fused-ring (bicyclic) bond motifs is 2. The van der Waals surface area contributed by atoms with Crippen LogP contribution in [0.25, 0.3) is 0 Å². The Morgan fingerprint density at radius 3 is 2.75 bits per heavy atom. The van der Waals surface area contributed by atoms with Crippen molar-refractivity contribution in [1.82, 2.24) is 4.90 Å². The first-order valence-corrected chi connectivity index (χ1v) is 3.38. The first-order chi connectivity index (χ1) is 3.86. The van der Waals surface area contributed by atoms with Crippen LogP contribution in [0.15, 0.2) is 12.3 Å². The molecule has 1 saturated heterocycles. The van der Waals surface area contributed by atoms with E-state index in [1.807, 2.05) is 0 Å². The van der Waals surface area contributed by atoms with Gasteiger partial charge in [-0.1, -0.05) is 17.7 Å². The number of halogens is 1. The Hall–Kier alpha value is -0.170. The molecule has 1 nitrogen and oxygen atoms in total. The van der Waals surface area contributed by atoms with E-state index in [9.17, 15) is 0 Å². The molecule has 1 fully saturated rings. The van der Waals surface area contributed by atoms with Crippen molar-refractivity contribution < 1.29 is 0 Å². The third kappa shape index (κ3) is 0.480. The van der Waals surface area contributed by atoms with Gasteiger partial charge in [0.15, 0.2) is 0 Å². The lowest BCUT2D eigenvalue weighted by molar-refractivity contribution is 0.442. The summed E-state index contributed by atoms with van der Waals surface area (Å²) >= 11 is 5.88. The Morgan fingerprint density at radius 1 is 1.62 bits per heavy atom. The number of hydrogen-bond donors (Lipinski definition) is 0. The van der Waals surface area contributed by atoms with Crippen LogP contribution in [0.4, 0.5) is 0 Å². The van der Waals surface area contributed by atoms with Crippen molar-refractivity contribution in [3.63, 3.8) is 0 Å². The molecule has 0 aromatic carbocycles. The van der Waals surface area contributed by atoms with Gasteiger partial charge in [0.2, 0.25) is 0 Å². The molecule has 0 spiro atoms. The second kappa shape index (κ2) is 1.41. The van der Waals surface area contributed by atoms with Crippen molar-refractivity contribution in [2.24, 2.45) is 5.92 Å². The van der Waals surface area contributed by atoms with E-state index >= 15 is 0 Å². The maximum absolute atomic E-state index is 5.88. The molecular formula is C6H8ClN. The Labute approximate surface area is 53.9 Å². The quantitative estimate of drug-likeness (QED) is 0.353. The zero-order valence-corrected chi connectivity index (χ0v) is 5.30. The van der Waals surface area contributed by atoms with Gasteiger partial charge >= 0.3 is 0 Å². The first kappa shape index (κ1) is 4.68. The molecule has 0 saturated carbocycles. The topological polar surface area (TPSA) is 3.24 Å². The number of rotatable bonds is 0. The molecule has 0 amide bonds. The van der Waals surface area contributed by atoms with Gasteiger partial charge in [0.05, 0.1) is 0 Å². The van der Waals surface area contributed by atoms with Crippen LogP contribution in [-0.4, -0.2) is 16.9 Å². The summed E-state index contributed by atoms with van der Waals surface area (Å²) in [6.07, 6.45) is 5.49. The molecule has 2 heterocycles. The molecule has 8 heavy (non-hydrogen) atoms. The lowest BCUT2D eigenvalue weighted by Crippen LogP contribution is -2.16. The highest BCUT2D eigenvalue weighted by molar-refractivity contribution is 6.20. The fourth-order valence-corrected chi connectivity index (χ4v) is 1.74. The lowest BCUT2D eigenvalue weighted by Gasteiger charge is -2.14. The van der Waals surface area contributed by atoms with Gasteiger partial charge in [0.25, 0.3) is 0 Å². The summed E-state index contributed by atoms with van der Waals surface area (Å²) in [5.41, 5.74) is 0.296. The van der Waals surface area contributed by atoms with Gasteiger partial charge < -0.3 is 4.90 Å². The van der Waals surface area contributed by atoms with E-state index in [1.54, 1.807) is 0 Å². The highest BCUT2D eigenvalue weighted by Gasteiger charge is 2.30. The minimum atomic E-state index is 0.296. The summed E-state index contributed by atoms with van der Waals surface area (Å²) in [6.45, 7) is 1.16. The van der Waals surface area contributed by atoms with E-state index in [-0.39, 0.29) is 0 Å². The molecule has 0 aliphatic carbocycles. The van der Waals surface area contributed by atoms with Crippen molar-refractivity contribution in [2.45, 2.75) is 11.9 Å². The summed E-state index contributed by atoms with van der Waals surface area (Å²) in [6, 6.07) is 0. The fraction of sp³-hybridized carbons (Fsp3) is 0.667. The molecule has 2 atom stereocenters.